The lowest BCUT2D eigenvalue weighted by atomic mass is 9.80. The van der Waals surface area contributed by atoms with Gasteiger partial charge in [-0.05, 0) is 6.42 Å². The summed E-state index contributed by atoms with van der Waals surface area (Å²) in [5, 5.41) is 124. The molecule has 24 nitrogen and oxygen atoms in total. The summed E-state index contributed by atoms with van der Waals surface area (Å²) in [6, 6.07) is 0. The highest BCUT2D eigenvalue weighted by molar-refractivity contribution is 5.74. The van der Waals surface area contributed by atoms with Gasteiger partial charge in [0.25, 0.3) is 0 Å². The van der Waals surface area contributed by atoms with E-state index in [1.165, 1.54) is 0 Å². The summed E-state index contributed by atoms with van der Waals surface area (Å²) >= 11 is 0. The summed E-state index contributed by atoms with van der Waals surface area (Å²) in [4.78, 5) is 48.0. The Morgan fingerprint density at radius 2 is 0.824 bits per heavy atom. The first-order valence-electron chi connectivity index (χ1n) is 15.2. The van der Waals surface area contributed by atoms with E-state index >= 15 is 0 Å². The maximum absolute atomic E-state index is 12.3. The molecule has 1 saturated carbocycles. The predicted octanol–water partition coefficient (Wildman–Crippen LogP) is -7.41. The Morgan fingerprint density at radius 1 is 0.451 bits per heavy atom. The van der Waals surface area contributed by atoms with Crippen molar-refractivity contribution in [1.82, 2.24) is 0 Å². The largest absolute Gasteiger partial charge is 0.481 e. The summed E-state index contributed by atoms with van der Waals surface area (Å²) in [6.45, 7) is 0. The molecule has 292 valence electrons. The van der Waals surface area contributed by atoms with Crippen LogP contribution < -0.4 is 0 Å². The molecule has 0 aromatic heterocycles. The van der Waals surface area contributed by atoms with Crippen LogP contribution in [0.2, 0.25) is 0 Å². The highest BCUT2D eigenvalue weighted by atomic mass is 16.8. The Hall–Kier alpha value is -2.76. The minimum Gasteiger partial charge on any atom is -0.481 e. The summed E-state index contributed by atoms with van der Waals surface area (Å²) in [6.07, 6.45) is -39.6. The summed E-state index contributed by atoms with van der Waals surface area (Å²) in [5.41, 5.74) is 0. The minimum absolute atomic E-state index is 0.788. The maximum atomic E-state index is 12.3. The maximum Gasteiger partial charge on any atom is 0.335 e. The molecule has 3 aliphatic heterocycles. The second-order valence-electron chi connectivity index (χ2n) is 12.2. The number of carboxylic acid groups (broad SMARTS) is 4. The molecule has 4 rings (SSSR count). The van der Waals surface area contributed by atoms with Crippen molar-refractivity contribution >= 4 is 23.9 Å². The monoisotopic (exact) mass is 748 g/mol. The average Bonchev–Trinajstić information content (AvgIpc) is 3.07. The van der Waals surface area contributed by atoms with E-state index in [0.717, 1.165) is 14.2 Å². The zero-order valence-electron chi connectivity index (χ0n) is 26.5. The number of aliphatic hydroxyl groups excluding tert-OH is 8. The number of carbonyl (C=O) groups is 4. The fourth-order valence-electron chi connectivity index (χ4n) is 6.33. The zero-order chi connectivity index (χ0) is 38.2. The van der Waals surface area contributed by atoms with E-state index in [1.54, 1.807) is 0 Å². The number of aliphatic hydroxyl groups is 8. The van der Waals surface area contributed by atoms with Crippen molar-refractivity contribution in [3.8, 4) is 0 Å². The molecule has 12 N–H and O–H groups in total. The number of carboxylic acids is 4. The third-order valence-electron chi connectivity index (χ3n) is 9.05. The van der Waals surface area contributed by atoms with Gasteiger partial charge in [-0.15, -0.1) is 0 Å². The molecular weight excluding hydrogens is 708 g/mol. The lowest BCUT2D eigenvalue weighted by Gasteiger charge is -2.48. The van der Waals surface area contributed by atoms with Crippen LogP contribution in [0.25, 0.3) is 0 Å². The van der Waals surface area contributed by atoms with E-state index in [-0.39, 0.29) is 0 Å². The van der Waals surface area contributed by atoms with Gasteiger partial charge in [-0.2, -0.15) is 0 Å². The van der Waals surface area contributed by atoms with Crippen molar-refractivity contribution < 1.29 is 118 Å². The third-order valence-corrected chi connectivity index (χ3v) is 9.05. The van der Waals surface area contributed by atoms with Crippen LogP contribution in [0.4, 0.5) is 0 Å². The molecule has 0 bridgehead atoms. The van der Waals surface area contributed by atoms with Gasteiger partial charge in [0.2, 0.25) is 0 Å². The van der Waals surface area contributed by atoms with E-state index in [1.807, 2.05) is 0 Å². The van der Waals surface area contributed by atoms with Gasteiger partial charge in [-0.25, -0.2) is 14.4 Å². The summed E-state index contributed by atoms with van der Waals surface area (Å²) in [5.74, 6) is -8.90. The molecule has 20 atom stereocenters. The number of rotatable bonds is 12. The number of methoxy groups -OCH3 is 2. The molecular formula is C27H40O24. The molecule has 3 heterocycles. The van der Waals surface area contributed by atoms with Crippen molar-refractivity contribution in [2.75, 3.05) is 14.2 Å². The Bertz CT molecular complexity index is 1250. The SMILES string of the molecule is CO[C@@H]1OC(C(=O)O)[C@@H](O[C@@H]2CC(C(=O)O)[C@@H](O[C@@H]3O[C@@H](C(=O)O)[C@@H](O[C@@H]4OC(C(=O)O)[C@@H](OC)C(O)[C@@H]4O)C(O)C3O)[C@H](O)C2O)C(O)C1O. The lowest BCUT2D eigenvalue weighted by molar-refractivity contribution is -0.361. The van der Waals surface area contributed by atoms with Gasteiger partial charge >= 0.3 is 23.9 Å². The molecule has 24 heteroatoms. The molecule has 0 radical (unpaired) electrons. The van der Waals surface area contributed by atoms with Crippen LogP contribution in [0.3, 0.4) is 0 Å². The molecule has 51 heavy (non-hydrogen) atoms. The lowest BCUT2D eigenvalue weighted by Crippen LogP contribution is -2.67. The van der Waals surface area contributed by atoms with Gasteiger partial charge in [-0.1, -0.05) is 0 Å². The zero-order valence-corrected chi connectivity index (χ0v) is 26.5. The molecule has 3 saturated heterocycles. The second-order valence-corrected chi connectivity index (χ2v) is 12.2. The van der Waals surface area contributed by atoms with E-state index < -0.39 is 153 Å². The first-order valence-corrected chi connectivity index (χ1v) is 15.2. The summed E-state index contributed by atoms with van der Waals surface area (Å²) < 4.78 is 41.4. The van der Waals surface area contributed by atoms with Gasteiger partial charge < -0.3 is 99.2 Å². The van der Waals surface area contributed by atoms with Gasteiger partial charge in [0, 0.05) is 14.2 Å². The standard InChI is InChI=1S/C27H40O24/c1-44-15-8(30)12(34)27(50-18(15)22(38)39)48-17-10(32)13(35)26(51-20(17)24(42)43)47-14-4(21(36)37)3-5(6(28)7(14)29)46-16-9(31)11(33)25(45-2)49-19(16)23(40)41/h4-20,25-35H,3H2,1-2H3,(H,36,37)(H,38,39)(H,40,41)(H,42,43)/t4?,5-,6?,7-,8?,9?,10?,11?,12+,13?,14-,15+,16+,17+,18?,19?,20-,25-,26-,27-/m1/s1. The Labute approximate surface area is 285 Å². The highest BCUT2D eigenvalue weighted by Crippen LogP contribution is 2.37. The van der Waals surface area contributed by atoms with Gasteiger partial charge in [0.05, 0.1) is 12.0 Å². The van der Waals surface area contributed by atoms with Crippen molar-refractivity contribution in [2.24, 2.45) is 5.92 Å². The summed E-state index contributed by atoms with van der Waals surface area (Å²) in [7, 11) is 2.06. The van der Waals surface area contributed by atoms with E-state index in [2.05, 4.69) is 0 Å². The molecule has 0 aromatic rings. The Kier molecular flexibility index (Phi) is 13.3. The first-order chi connectivity index (χ1) is 23.9. The van der Waals surface area contributed by atoms with Crippen molar-refractivity contribution in [2.45, 2.75) is 123 Å². The van der Waals surface area contributed by atoms with E-state index in [0.29, 0.717) is 0 Å². The van der Waals surface area contributed by atoms with Crippen molar-refractivity contribution in [3.63, 3.8) is 0 Å². The smallest absolute Gasteiger partial charge is 0.335 e. The van der Waals surface area contributed by atoms with E-state index in [9.17, 15) is 80.5 Å². The fourth-order valence-corrected chi connectivity index (χ4v) is 6.33. The Morgan fingerprint density at radius 3 is 1.25 bits per heavy atom. The third kappa shape index (κ3) is 8.10. The molecule has 1 aliphatic carbocycles. The van der Waals surface area contributed by atoms with Crippen LogP contribution in [0.5, 0.6) is 0 Å². The van der Waals surface area contributed by atoms with Crippen LogP contribution in [0, 0.1) is 5.92 Å². The number of ether oxygens (including phenoxy) is 8. The van der Waals surface area contributed by atoms with E-state index in [4.69, 9.17) is 37.9 Å². The number of aliphatic carboxylic acids is 4. The fraction of sp³-hybridized carbons (Fsp3) is 0.852. The number of hydrogen-bond acceptors (Lipinski definition) is 20. The van der Waals surface area contributed by atoms with Crippen molar-refractivity contribution in [3.05, 3.63) is 0 Å². The molecule has 0 spiro atoms. The second kappa shape index (κ2) is 16.5. The molecule has 0 aromatic carbocycles. The van der Waals surface area contributed by atoms with Crippen LogP contribution in [0.1, 0.15) is 6.42 Å². The molecule has 4 fully saturated rings. The Balaban J connectivity index is 1.51. The molecule has 0 amide bonds. The highest BCUT2D eigenvalue weighted by Gasteiger charge is 2.58. The minimum atomic E-state index is -2.34. The molecule has 4 aliphatic rings. The van der Waals surface area contributed by atoms with Gasteiger partial charge in [-0.3, -0.25) is 4.79 Å². The average molecular weight is 749 g/mol. The van der Waals surface area contributed by atoms with Crippen LogP contribution >= 0.6 is 0 Å². The topological polar surface area (TPSA) is 385 Å². The quantitative estimate of drug-likeness (QED) is 0.0881. The van der Waals surface area contributed by atoms with Crippen molar-refractivity contribution in [1.29, 1.82) is 0 Å². The van der Waals surface area contributed by atoms with Crippen LogP contribution in [0.15, 0.2) is 0 Å². The number of hydrogen-bond donors (Lipinski definition) is 12. The predicted molar refractivity (Wildman–Crippen MR) is 149 cm³/mol. The van der Waals surface area contributed by atoms with Crippen LogP contribution in [-0.4, -0.2) is 216 Å². The molecule has 9 unspecified atom stereocenters. The van der Waals surface area contributed by atoms with Gasteiger partial charge in [0.1, 0.15) is 73.2 Å². The van der Waals surface area contributed by atoms with Gasteiger partial charge in [0.15, 0.2) is 37.2 Å². The van der Waals surface area contributed by atoms with Crippen LogP contribution in [-0.2, 0) is 57.1 Å². The first kappa shape index (κ1) is 41.0. The normalized spacial score (nSPS) is 47.7.